The summed E-state index contributed by atoms with van der Waals surface area (Å²) in [7, 11) is 0. The van der Waals surface area contributed by atoms with Crippen LogP contribution in [0.1, 0.15) is 62.6 Å². The molecule has 2 aliphatic carbocycles. The molecule has 2 fully saturated rings. The van der Waals surface area contributed by atoms with Crippen LogP contribution < -0.4 is 5.73 Å². The zero-order valence-corrected chi connectivity index (χ0v) is 9.15. The summed E-state index contributed by atoms with van der Waals surface area (Å²) in [4.78, 5) is 0. The molecule has 0 saturated heterocycles. The number of anilines is 1. The van der Waals surface area contributed by atoms with Crippen LogP contribution in [0, 0.1) is 0 Å². The lowest BCUT2D eigenvalue weighted by molar-refractivity contribution is 0.322. The summed E-state index contributed by atoms with van der Waals surface area (Å²) < 4.78 is 2.24. The molecule has 1 aromatic rings. The topological polar surface area (TPSA) is 43.8 Å². The fourth-order valence-electron chi connectivity index (χ4n) is 2.78. The van der Waals surface area contributed by atoms with Gasteiger partial charge in [-0.1, -0.05) is 19.3 Å². The van der Waals surface area contributed by atoms with E-state index >= 15 is 0 Å². The lowest BCUT2D eigenvalue weighted by Gasteiger charge is -2.24. The molecular formula is C12H19N3. The molecule has 3 nitrogen and oxygen atoms in total. The van der Waals surface area contributed by atoms with Crippen molar-refractivity contribution in [2.75, 3.05) is 5.73 Å². The quantitative estimate of drug-likeness (QED) is 0.806. The molecule has 15 heavy (non-hydrogen) atoms. The fourth-order valence-corrected chi connectivity index (χ4v) is 2.78. The van der Waals surface area contributed by atoms with Crippen molar-refractivity contribution in [3.63, 3.8) is 0 Å². The SMILES string of the molecule is Nc1cnn(C2CCCCC2)c1C1CC1. The third-order valence-corrected chi connectivity index (χ3v) is 3.75. The first-order chi connectivity index (χ1) is 7.36. The second-order valence-electron chi connectivity index (χ2n) is 5.00. The average molecular weight is 205 g/mol. The Bertz CT molecular complexity index is 346. The van der Waals surface area contributed by atoms with E-state index in [4.69, 9.17) is 5.73 Å². The third kappa shape index (κ3) is 1.64. The van der Waals surface area contributed by atoms with E-state index in [9.17, 15) is 0 Å². The van der Waals surface area contributed by atoms with Gasteiger partial charge in [0.05, 0.1) is 23.6 Å². The van der Waals surface area contributed by atoms with Gasteiger partial charge >= 0.3 is 0 Å². The molecular weight excluding hydrogens is 186 g/mol. The molecule has 82 valence electrons. The van der Waals surface area contributed by atoms with E-state index in [2.05, 4.69) is 9.78 Å². The minimum absolute atomic E-state index is 0.631. The van der Waals surface area contributed by atoms with Crippen LogP contribution in [0.4, 0.5) is 5.69 Å². The van der Waals surface area contributed by atoms with Gasteiger partial charge < -0.3 is 5.73 Å². The van der Waals surface area contributed by atoms with Crippen LogP contribution >= 0.6 is 0 Å². The predicted molar refractivity (Wildman–Crippen MR) is 60.7 cm³/mol. The van der Waals surface area contributed by atoms with Crippen LogP contribution in [0.5, 0.6) is 0 Å². The zero-order valence-electron chi connectivity index (χ0n) is 9.15. The Morgan fingerprint density at radius 1 is 1.13 bits per heavy atom. The van der Waals surface area contributed by atoms with Crippen molar-refractivity contribution in [1.29, 1.82) is 0 Å². The number of aromatic nitrogens is 2. The van der Waals surface area contributed by atoms with Crippen molar-refractivity contribution in [3.8, 4) is 0 Å². The molecule has 0 amide bonds. The molecule has 2 saturated carbocycles. The van der Waals surface area contributed by atoms with Crippen molar-refractivity contribution in [2.45, 2.75) is 56.9 Å². The van der Waals surface area contributed by atoms with Gasteiger partial charge in [-0.05, 0) is 25.7 Å². The second-order valence-corrected chi connectivity index (χ2v) is 5.00. The van der Waals surface area contributed by atoms with Crippen LogP contribution in [0.3, 0.4) is 0 Å². The fraction of sp³-hybridized carbons (Fsp3) is 0.750. The van der Waals surface area contributed by atoms with E-state index in [-0.39, 0.29) is 0 Å². The van der Waals surface area contributed by atoms with Crippen LogP contribution in [-0.4, -0.2) is 9.78 Å². The van der Waals surface area contributed by atoms with Gasteiger partial charge in [0.25, 0.3) is 0 Å². The first-order valence-corrected chi connectivity index (χ1v) is 6.19. The molecule has 0 unspecified atom stereocenters. The maximum Gasteiger partial charge on any atom is 0.0736 e. The van der Waals surface area contributed by atoms with Crippen molar-refractivity contribution < 1.29 is 0 Å². The number of hydrogen-bond donors (Lipinski definition) is 1. The van der Waals surface area contributed by atoms with Crippen LogP contribution in [0.25, 0.3) is 0 Å². The molecule has 0 spiro atoms. The highest BCUT2D eigenvalue weighted by Gasteiger charge is 2.31. The highest BCUT2D eigenvalue weighted by molar-refractivity contribution is 5.45. The van der Waals surface area contributed by atoms with Crippen LogP contribution in [-0.2, 0) is 0 Å². The van der Waals surface area contributed by atoms with E-state index < -0.39 is 0 Å². The summed E-state index contributed by atoms with van der Waals surface area (Å²) >= 11 is 0. The summed E-state index contributed by atoms with van der Waals surface area (Å²) in [5.74, 6) is 0.717. The van der Waals surface area contributed by atoms with Crippen LogP contribution in [0.15, 0.2) is 6.20 Å². The number of rotatable bonds is 2. The van der Waals surface area contributed by atoms with E-state index in [1.54, 1.807) is 0 Å². The maximum absolute atomic E-state index is 6.01. The Hall–Kier alpha value is -0.990. The molecule has 1 heterocycles. The van der Waals surface area contributed by atoms with Gasteiger partial charge in [-0.2, -0.15) is 5.10 Å². The first kappa shape index (κ1) is 9.25. The molecule has 0 radical (unpaired) electrons. The molecule has 2 aliphatic rings. The van der Waals surface area contributed by atoms with Gasteiger partial charge in [0, 0.05) is 5.92 Å². The van der Waals surface area contributed by atoms with Crippen LogP contribution in [0.2, 0.25) is 0 Å². The lowest BCUT2D eigenvalue weighted by Crippen LogP contribution is -2.16. The lowest BCUT2D eigenvalue weighted by atomic mass is 9.95. The molecule has 0 atom stereocenters. The summed E-state index contributed by atoms with van der Waals surface area (Å²) in [6.07, 6.45) is 11.2. The molecule has 0 aliphatic heterocycles. The van der Waals surface area contributed by atoms with Gasteiger partial charge in [0.2, 0.25) is 0 Å². The van der Waals surface area contributed by atoms with E-state index in [1.165, 1.54) is 50.6 Å². The summed E-state index contributed by atoms with van der Waals surface area (Å²) in [5.41, 5.74) is 8.26. The Kier molecular flexibility index (Phi) is 2.19. The van der Waals surface area contributed by atoms with Crippen molar-refractivity contribution >= 4 is 5.69 Å². The Morgan fingerprint density at radius 3 is 2.53 bits per heavy atom. The zero-order chi connectivity index (χ0) is 10.3. The monoisotopic (exact) mass is 205 g/mol. The number of nitrogens with zero attached hydrogens (tertiary/aromatic N) is 2. The summed E-state index contributed by atoms with van der Waals surface area (Å²) in [6.45, 7) is 0. The Balaban J connectivity index is 1.89. The maximum atomic E-state index is 6.01. The minimum atomic E-state index is 0.631. The molecule has 0 aromatic carbocycles. The van der Waals surface area contributed by atoms with Crippen molar-refractivity contribution in [2.24, 2.45) is 0 Å². The third-order valence-electron chi connectivity index (χ3n) is 3.75. The van der Waals surface area contributed by atoms with E-state index in [0.717, 1.165) is 11.6 Å². The summed E-state index contributed by atoms with van der Waals surface area (Å²) in [6, 6.07) is 0.631. The summed E-state index contributed by atoms with van der Waals surface area (Å²) in [5, 5.41) is 4.49. The number of nitrogens with two attached hydrogens (primary N) is 1. The molecule has 3 heteroatoms. The molecule has 0 bridgehead atoms. The van der Waals surface area contributed by atoms with Crippen molar-refractivity contribution in [1.82, 2.24) is 9.78 Å². The molecule has 2 N–H and O–H groups in total. The van der Waals surface area contributed by atoms with Crippen molar-refractivity contribution in [3.05, 3.63) is 11.9 Å². The van der Waals surface area contributed by atoms with E-state index in [1.807, 2.05) is 6.20 Å². The van der Waals surface area contributed by atoms with Gasteiger partial charge in [0.15, 0.2) is 0 Å². The van der Waals surface area contributed by atoms with Gasteiger partial charge in [-0.15, -0.1) is 0 Å². The Morgan fingerprint density at radius 2 is 1.87 bits per heavy atom. The largest absolute Gasteiger partial charge is 0.396 e. The Labute approximate surface area is 90.7 Å². The van der Waals surface area contributed by atoms with Gasteiger partial charge in [-0.3, -0.25) is 4.68 Å². The second kappa shape index (κ2) is 3.54. The predicted octanol–water partition coefficient (Wildman–Crippen LogP) is 2.85. The minimum Gasteiger partial charge on any atom is -0.396 e. The van der Waals surface area contributed by atoms with Gasteiger partial charge in [0.1, 0.15) is 0 Å². The normalized spacial score (nSPS) is 23.2. The number of nitrogen functional groups attached to an aromatic ring is 1. The average Bonchev–Trinajstić information content (AvgIpc) is 3.03. The number of hydrogen-bond acceptors (Lipinski definition) is 2. The molecule has 3 rings (SSSR count). The highest BCUT2D eigenvalue weighted by atomic mass is 15.3. The first-order valence-electron chi connectivity index (χ1n) is 6.19. The smallest absolute Gasteiger partial charge is 0.0736 e. The standard InChI is InChI=1S/C12H19N3/c13-11-8-14-15(12(11)9-6-7-9)10-4-2-1-3-5-10/h8-10H,1-7,13H2. The van der Waals surface area contributed by atoms with Gasteiger partial charge in [-0.25, -0.2) is 0 Å². The molecule has 1 aromatic heterocycles. The highest BCUT2D eigenvalue weighted by Crippen LogP contribution is 2.44. The van der Waals surface area contributed by atoms with E-state index in [0.29, 0.717) is 6.04 Å².